The van der Waals surface area contributed by atoms with Gasteiger partial charge in [-0.05, 0) is 42.5 Å². The number of nitrogens with zero attached hydrogens (tertiary/aromatic N) is 4. The highest BCUT2D eigenvalue weighted by Crippen LogP contribution is 2.40. The Bertz CT molecular complexity index is 1810. The van der Waals surface area contributed by atoms with Crippen molar-refractivity contribution in [3.63, 3.8) is 0 Å². The van der Waals surface area contributed by atoms with E-state index in [1.54, 1.807) is 6.07 Å². The third kappa shape index (κ3) is 7.83. The number of nitrogens with one attached hydrogen (secondary N) is 1. The summed E-state index contributed by atoms with van der Waals surface area (Å²) in [5, 5.41) is 7.75. The van der Waals surface area contributed by atoms with Gasteiger partial charge in [-0.3, -0.25) is 8.74 Å². The molecule has 248 valence electrons. The Hall–Kier alpha value is -4.68. The summed E-state index contributed by atoms with van der Waals surface area (Å²) in [6.45, 7) is -0.479. The first-order chi connectivity index (χ1) is 22.2. The fraction of sp³-hybridized carbons (Fsp3) is 0.241. The molecule has 18 heteroatoms. The second-order valence-corrected chi connectivity index (χ2v) is 10.6. The van der Waals surface area contributed by atoms with E-state index < -0.39 is 63.9 Å². The first-order valence-electron chi connectivity index (χ1n) is 13.5. The van der Waals surface area contributed by atoms with Crippen LogP contribution in [0, 0.1) is 5.82 Å². The van der Waals surface area contributed by atoms with Crippen molar-refractivity contribution in [1.82, 2.24) is 25.1 Å². The van der Waals surface area contributed by atoms with Gasteiger partial charge in [0.15, 0.2) is 6.04 Å². The number of fused-ring (bicyclic) bond motifs is 1. The van der Waals surface area contributed by atoms with Crippen molar-refractivity contribution in [2.24, 2.45) is 0 Å². The van der Waals surface area contributed by atoms with E-state index in [0.29, 0.717) is 23.5 Å². The molecule has 2 unspecified atom stereocenters. The molecule has 0 saturated carbocycles. The van der Waals surface area contributed by atoms with Gasteiger partial charge in [0.05, 0.1) is 59.2 Å². The quantitative estimate of drug-likeness (QED) is 0.0852. The Kier molecular flexibility index (Phi) is 9.73. The van der Waals surface area contributed by atoms with Crippen LogP contribution in [-0.4, -0.2) is 53.0 Å². The van der Waals surface area contributed by atoms with Crippen molar-refractivity contribution in [3.05, 3.63) is 94.8 Å². The van der Waals surface area contributed by atoms with E-state index in [1.807, 2.05) is 0 Å². The number of hydrogen-bond donors (Lipinski definition) is 2. The summed E-state index contributed by atoms with van der Waals surface area (Å²) in [7, 11) is 0. The van der Waals surface area contributed by atoms with Crippen LogP contribution < -0.4 is 0 Å². The number of ether oxygens (including phenoxy) is 1. The van der Waals surface area contributed by atoms with Gasteiger partial charge in [0.25, 0.3) is 0 Å². The summed E-state index contributed by atoms with van der Waals surface area (Å²) in [5.74, 6) is -1.18. The molecule has 1 aliphatic heterocycles. The molecule has 4 aromatic rings. The lowest BCUT2D eigenvalue weighted by Crippen LogP contribution is -2.33. The highest BCUT2D eigenvalue weighted by atomic mass is 32.2. The van der Waals surface area contributed by atoms with Gasteiger partial charge in [0.1, 0.15) is 11.6 Å². The average molecular weight is 686 g/mol. The minimum Gasteiger partial charge on any atom is -0.464 e. The van der Waals surface area contributed by atoms with Gasteiger partial charge < -0.3 is 14.6 Å². The molecular formula is C29H22F7N5O5S. The van der Waals surface area contributed by atoms with Crippen LogP contribution >= 0.6 is 0 Å². The predicted octanol–water partition coefficient (Wildman–Crippen LogP) is 6.32. The molecule has 0 aliphatic carbocycles. The molecule has 5 rings (SSSR count). The Morgan fingerprint density at radius 1 is 1.00 bits per heavy atom. The van der Waals surface area contributed by atoms with E-state index in [9.17, 15) is 39.7 Å². The Labute approximate surface area is 263 Å². The molecule has 2 aromatic carbocycles. The van der Waals surface area contributed by atoms with E-state index in [2.05, 4.69) is 24.3 Å². The highest BCUT2D eigenvalue weighted by molar-refractivity contribution is 7.74. The Morgan fingerprint density at radius 2 is 1.77 bits per heavy atom. The summed E-state index contributed by atoms with van der Waals surface area (Å²) in [4.78, 5) is 22.2. The minimum atomic E-state index is -5.16. The number of hydrogen-bond acceptors (Lipinski definition) is 8. The van der Waals surface area contributed by atoms with Crippen molar-refractivity contribution in [1.29, 1.82) is 0 Å². The number of carbonyl (C=O) groups excluding carboxylic acids is 1. The average Bonchev–Trinajstić information content (AvgIpc) is 3.44. The minimum absolute atomic E-state index is 0.0137. The van der Waals surface area contributed by atoms with Gasteiger partial charge in [-0.2, -0.15) is 40.7 Å². The van der Waals surface area contributed by atoms with Gasteiger partial charge in [0.2, 0.25) is 0 Å². The summed E-state index contributed by atoms with van der Waals surface area (Å²) in [5.41, 5.74) is -3.10. The fourth-order valence-corrected chi connectivity index (χ4v) is 4.98. The molecule has 0 bridgehead atoms. The standard InChI is InChI=1S/C29H22F7N5O5S/c30-20-5-2-1-4-18(20)26-37-22-10-11-41(15-24(22)38-26)25(27(42)45-12-3-13-46-47(43)44)23-9-8-21(39-40-23)17-7-6-16(28(31,32)33)14-19(17)29(34,35)36/h1-2,4-11,14,25H,3,12-13,15H2,(H,37,38)(H,43,44). The number of H-pyrrole nitrogens is 1. The molecule has 0 fully saturated rings. The monoisotopic (exact) mass is 685 g/mol. The molecule has 3 heterocycles. The molecule has 0 spiro atoms. The summed E-state index contributed by atoms with van der Waals surface area (Å²) < 4.78 is 124. The molecule has 10 nitrogen and oxygen atoms in total. The van der Waals surface area contributed by atoms with Gasteiger partial charge >= 0.3 is 29.7 Å². The summed E-state index contributed by atoms with van der Waals surface area (Å²) >= 11 is -2.52. The maximum absolute atomic E-state index is 14.4. The second-order valence-electron chi connectivity index (χ2n) is 9.98. The Morgan fingerprint density at radius 3 is 2.43 bits per heavy atom. The van der Waals surface area contributed by atoms with Crippen molar-refractivity contribution < 1.29 is 53.2 Å². The van der Waals surface area contributed by atoms with Crippen LogP contribution in [-0.2, 0) is 44.0 Å². The highest BCUT2D eigenvalue weighted by Gasteiger charge is 2.39. The summed E-state index contributed by atoms with van der Waals surface area (Å²) in [6.07, 6.45) is -7.13. The van der Waals surface area contributed by atoms with E-state index in [1.165, 1.54) is 41.4 Å². The molecule has 47 heavy (non-hydrogen) atoms. The van der Waals surface area contributed by atoms with Crippen LogP contribution in [0.4, 0.5) is 30.7 Å². The third-order valence-electron chi connectivity index (χ3n) is 6.87. The van der Waals surface area contributed by atoms with Crippen molar-refractivity contribution in [2.45, 2.75) is 31.4 Å². The van der Waals surface area contributed by atoms with E-state index in [-0.39, 0.29) is 49.3 Å². The van der Waals surface area contributed by atoms with Gasteiger partial charge in [-0.1, -0.05) is 18.2 Å². The van der Waals surface area contributed by atoms with Crippen LogP contribution in [0.2, 0.25) is 0 Å². The van der Waals surface area contributed by atoms with Crippen LogP contribution in [0.3, 0.4) is 0 Å². The van der Waals surface area contributed by atoms with Crippen LogP contribution in [0.15, 0.2) is 60.8 Å². The van der Waals surface area contributed by atoms with Crippen molar-refractivity contribution in [3.8, 4) is 22.6 Å². The number of alkyl halides is 6. The van der Waals surface area contributed by atoms with Gasteiger partial charge in [-0.15, -0.1) is 0 Å². The van der Waals surface area contributed by atoms with Crippen molar-refractivity contribution >= 4 is 23.4 Å². The molecule has 0 amide bonds. The number of imidazole rings is 1. The maximum Gasteiger partial charge on any atom is 0.417 e. The smallest absolute Gasteiger partial charge is 0.417 e. The molecule has 2 atom stereocenters. The van der Waals surface area contributed by atoms with Crippen LogP contribution in [0.25, 0.3) is 28.7 Å². The SMILES string of the molecule is O=C(OCCCOS(=O)O)C(c1ccc(-c2ccc(C(F)(F)F)cc2C(F)(F)F)nn1)N1C=Cc2nc(-c3ccccc3F)[nH]c2C1. The summed E-state index contributed by atoms with van der Waals surface area (Å²) in [6, 6.07) is 7.97. The topological polar surface area (TPSA) is 131 Å². The first kappa shape index (κ1) is 33.7. The number of benzene rings is 2. The Balaban J connectivity index is 1.45. The van der Waals surface area contributed by atoms with E-state index in [0.717, 1.165) is 6.07 Å². The molecule has 0 radical (unpaired) electrons. The van der Waals surface area contributed by atoms with Gasteiger partial charge in [0, 0.05) is 18.2 Å². The number of rotatable bonds is 10. The molecule has 0 saturated heterocycles. The number of halogens is 7. The lowest BCUT2D eigenvalue weighted by molar-refractivity contribution is -0.150. The van der Waals surface area contributed by atoms with Crippen LogP contribution in [0.1, 0.15) is 40.7 Å². The zero-order valence-electron chi connectivity index (χ0n) is 23.7. The molecule has 1 aliphatic rings. The van der Waals surface area contributed by atoms with Crippen LogP contribution in [0.5, 0.6) is 0 Å². The number of aromatic amines is 1. The van der Waals surface area contributed by atoms with E-state index >= 15 is 0 Å². The predicted molar refractivity (Wildman–Crippen MR) is 151 cm³/mol. The lowest BCUT2D eigenvalue weighted by atomic mass is 10.00. The lowest BCUT2D eigenvalue weighted by Gasteiger charge is -2.30. The normalized spacial score (nSPS) is 14.5. The van der Waals surface area contributed by atoms with Crippen molar-refractivity contribution in [2.75, 3.05) is 13.2 Å². The number of esters is 1. The maximum atomic E-state index is 14.4. The molecule has 2 aromatic heterocycles. The molecular weight excluding hydrogens is 663 g/mol. The molecule has 2 N–H and O–H groups in total. The fourth-order valence-electron chi connectivity index (χ4n) is 4.72. The third-order valence-corrected chi connectivity index (χ3v) is 7.24. The largest absolute Gasteiger partial charge is 0.464 e. The van der Waals surface area contributed by atoms with E-state index in [4.69, 9.17) is 9.29 Å². The van der Waals surface area contributed by atoms with Gasteiger partial charge in [-0.25, -0.2) is 14.2 Å². The number of aromatic nitrogens is 4. The first-order valence-corrected chi connectivity index (χ1v) is 14.6. The second kappa shape index (κ2) is 13.6. The number of carbonyl (C=O) groups is 1. The zero-order chi connectivity index (χ0) is 33.9. The zero-order valence-corrected chi connectivity index (χ0v) is 24.5.